The van der Waals surface area contributed by atoms with Crippen LogP contribution in [0.15, 0.2) is 42.5 Å². The molecule has 0 bridgehead atoms. The third kappa shape index (κ3) is 2.65. The molecule has 0 saturated heterocycles. The average molecular weight is 261 g/mol. The second-order valence-corrected chi connectivity index (χ2v) is 4.34. The molecule has 2 rings (SSSR count). The van der Waals surface area contributed by atoms with Gasteiger partial charge in [0.25, 0.3) is 0 Å². The van der Waals surface area contributed by atoms with Crippen molar-refractivity contribution in [2.75, 3.05) is 0 Å². The maximum absolute atomic E-state index is 13.5. The number of thiocarbonyl (C=S) groups is 1. The van der Waals surface area contributed by atoms with Gasteiger partial charge in [-0.05, 0) is 36.8 Å². The van der Waals surface area contributed by atoms with Crippen LogP contribution in [0.5, 0.6) is 11.5 Å². The molecule has 0 aliphatic carbocycles. The first kappa shape index (κ1) is 12.5. The van der Waals surface area contributed by atoms with Crippen molar-refractivity contribution in [3.05, 3.63) is 59.4 Å². The number of benzene rings is 2. The van der Waals surface area contributed by atoms with Crippen LogP contribution in [0.4, 0.5) is 4.39 Å². The fourth-order valence-corrected chi connectivity index (χ4v) is 1.73. The summed E-state index contributed by atoms with van der Waals surface area (Å²) >= 11 is 4.95. The van der Waals surface area contributed by atoms with Gasteiger partial charge in [-0.1, -0.05) is 30.4 Å². The van der Waals surface area contributed by atoms with Crippen molar-refractivity contribution in [2.45, 2.75) is 6.92 Å². The largest absolute Gasteiger partial charge is 0.454 e. The van der Waals surface area contributed by atoms with Crippen molar-refractivity contribution in [1.29, 1.82) is 0 Å². The summed E-state index contributed by atoms with van der Waals surface area (Å²) in [7, 11) is 0. The van der Waals surface area contributed by atoms with E-state index in [1.165, 1.54) is 6.07 Å². The number of halogens is 1. The number of nitrogens with two attached hydrogens (primary N) is 1. The maximum atomic E-state index is 13.5. The third-order valence-corrected chi connectivity index (χ3v) is 2.68. The number of para-hydroxylation sites is 1. The van der Waals surface area contributed by atoms with Crippen LogP contribution in [-0.2, 0) is 0 Å². The van der Waals surface area contributed by atoms with Gasteiger partial charge in [0.05, 0.1) is 5.56 Å². The Hall–Kier alpha value is -1.94. The van der Waals surface area contributed by atoms with Crippen LogP contribution in [0.1, 0.15) is 11.1 Å². The van der Waals surface area contributed by atoms with E-state index in [0.29, 0.717) is 11.3 Å². The van der Waals surface area contributed by atoms with E-state index in [-0.39, 0.29) is 10.7 Å². The molecule has 0 aromatic heterocycles. The number of hydrogen-bond acceptors (Lipinski definition) is 2. The van der Waals surface area contributed by atoms with Gasteiger partial charge in [0.2, 0.25) is 0 Å². The van der Waals surface area contributed by atoms with Crippen LogP contribution in [0.2, 0.25) is 0 Å². The smallest absolute Gasteiger partial charge is 0.165 e. The lowest BCUT2D eigenvalue weighted by Gasteiger charge is -2.11. The van der Waals surface area contributed by atoms with E-state index in [1.807, 2.05) is 13.0 Å². The van der Waals surface area contributed by atoms with Crippen LogP contribution in [-0.4, -0.2) is 4.99 Å². The van der Waals surface area contributed by atoms with Crippen LogP contribution >= 0.6 is 12.2 Å². The molecule has 0 heterocycles. The lowest BCUT2D eigenvalue weighted by Crippen LogP contribution is -2.11. The van der Waals surface area contributed by atoms with Gasteiger partial charge in [-0.25, -0.2) is 4.39 Å². The Kier molecular flexibility index (Phi) is 3.58. The van der Waals surface area contributed by atoms with Crippen LogP contribution < -0.4 is 10.5 Å². The molecule has 2 nitrogen and oxygen atoms in total. The molecule has 92 valence electrons. The summed E-state index contributed by atoms with van der Waals surface area (Å²) < 4.78 is 19.1. The Bertz CT molecular complexity index is 598. The number of hydrogen-bond donors (Lipinski definition) is 1. The fourth-order valence-electron chi connectivity index (χ4n) is 1.56. The van der Waals surface area contributed by atoms with E-state index in [1.54, 1.807) is 30.3 Å². The number of rotatable bonds is 3. The molecule has 0 saturated carbocycles. The van der Waals surface area contributed by atoms with E-state index < -0.39 is 5.82 Å². The van der Waals surface area contributed by atoms with E-state index in [9.17, 15) is 4.39 Å². The van der Waals surface area contributed by atoms with E-state index in [0.717, 1.165) is 5.56 Å². The maximum Gasteiger partial charge on any atom is 0.165 e. The SMILES string of the molecule is Cc1ccc(C(N)=S)c(Oc2ccccc2F)c1. The van der Waals surface area contributed by atoms with Crippen molar-refractivity contribution in [2.24, 2.45) is 5.73 Å². The molecule has 2 N–H and O–H groups in total. The van der Waals surface area contributed by atoms with Gasteiger partial charge in [0.1, 0.15) is 10.7 Å². The quantitative estimate of drug-likeness (QED) is 0.858. The summed E-state index contributed by atoms with van der Waals surface area (Å²) in [6.45, 7) is 1.91. The molecule has 0 atom stereocenters. The Morgan fingerprint density at radius 2 is 1.89 bits per heavy atom. The highest BCUT2D eigenvalue weighted by atomic mass is 32.1. The van der Waals surface area contributed by atoms with E-state index in [2.05, 4.69) is 0 Å². The zero-order chi connectivity index (χ0) is 13.1. The molecule has 2 aromatic rings. The molecule has 0 aliphatic rings. The summed E-state index contributed by atoms with van der Waals surface area (Å²) in [4.78, 5) is 0.223. The summed E-state index contributed by atoms with van der Waals surface area (Å²) in [5.74, 6) is 0.195. The van der Waals surface area contributed by atoms with Gasteiger partial charge in [-0.15, -0.1) is 0 Å². The summed E-state index contributed by atoms with van der Waals surface area (Å²) in [5.41, 5.74) is 7.20. The Morgan fingerprint density at radius 1 is 1.17 bits per heavy atom. The molecule has 0 amide bonds. The van der Waals surface area contributed by atoms with Crippen molar-refractivity contribution in [1.82, 2.24) is 0 Å². The van der Waals surface area contributed by atoms with E-state index >= 15 is 0 Å². The minimum atomic E-state index is -0.423. The average Bonchev–Trinajstić information content (AvgIpc) is 2.32. The van der Waals surface area contributed by atoms with Gasteiger partial charge < -0.3 is 10.5 Å². The Labute approximate surface area is 110 Å². The predicted molar refractivity (Wildman–Crippen MR) is 73.5 cm³/mol. The highest BCUT2D eigenvalue weighted by Gasteiger charge is 2.10. The van der Waals surface area contributed by atoms with Crippen LogP contribution in [0, 0.1) is 12.7 Å². The molecule has 0 radical (unpaired) electrons. The highest BCUT2D eigenvalue weighted by molar-refractivity contribution is 7.80. The molecule has 2 aromatic carbocycles. The van der Waals surface area contributed by atoms with Crippen molar-refractivity contribution >= 4 is 17.2 Å². The van der Waals surface area contributed by atoms with Gasteiger partial charge in [-0.2, -0.15) is 0 Å². The monoisotopic (exact) mass is 261 g/mol. The van der Waals surface area contributed by atoms with Gasteiger partial charge in [-0.3, -0.25) is 0 Å². The van der Waals surface area contributed by atoms with Crippen molar-refractivity contribution in [3.8, 4) is 11.5 Å². The summed E-state index contributed by atoms with van der Waals surface area (Å²) in [6, 6.07) is 11.6. The Morgan fingerprint density at radius 3 is 2.56 bits per heavy atom. The molecule has 0 unspecified atom stereocenters. The highest BCUT2D eigenvalue weighted by Crippen LogP contribution is 2.28. The second kappa shape index (κ2) is 5.14. The molecule has 0 spiro atoms. The predicted octanol–water partition coefficient (Wildman–Crippen LogP) is 3.56. The topological polar surface area (TPSA) is 35.2 Å². The third-order valence-electron chi connectivity index (χ3n) is 2.46. The standard InChI is InChI=1S/C14H12FNOS/c1-9-6-7-10(14(16)18)13(8-9)17-12-5-3-2-4-11(12)15/h2-8H,1H3,(H2,16,18). The van der Waals surface area contributed by atoms with Gasteiger partial charge in [0.15, 0.2) is 11.6 Å². The van der Waals surface area contributed by atoms with E-state index in [4.69, 9.17) is 22.7 Å². The molecular weight excluding hydrogens is 249 g/mol. The van der Waals surface area contributed by atoms with Crippen molar-refractivity contribution in [3.63, 3.8) is 0 Å². The lowest BCUT2D eigenvalue weighted by atomic mass is 10.1. The van der Waals surface area contributed by atoms with Crippen LogP contribution in [0.25, 0.3) is 0 Å². The minimum Gasteiger partial charge on any atom is -0.454 e. The lowest BCUT2D eigenvalue weighted by molar-refractivity contribution is 0.441. The van der Waals surface area contributed by atoms with Crippen LogP contribution in [0.3, 0.4) is 0 Å². The first-order valence-electron chi connectivity index (χ1n) is 5.41. The normalized spacial score (nSPS) is 10.1. The molecule has 4 heteroatoms. The zero-order valence-electron chi connectivity index (χ0n) is 9.81. The number of aryl methyl sites for hydroxylation is 1. The Balaban J connectivity index is 2.42. The first-order valence-corrected chi connectivity index (χ1v) is 5.81. The molecule has 0 aliphatic heterocycles. The summed E-state index contributed by atoms with van der Waals surface area (Å²) in [6.07, 6.45) is 0. The van der Waals surface area contributed by atoms with Gasteiger partial charge >= 0.3 is 0 Å². The second-order valence-electron chi connectivity index (χ2n) is 3.90. The van der Waals surface area contributed by atoms with Crippen molar-refractivity contribution < 1.29 is 9.13 Å². The number of ether oxygens (including phenoxy) is 1. The zero-order valence-corrected chi connectivity index (χ0v) is 10.6. The molecule has 18 heavy (non-hydrogen) atoms. The minimum absolute atomic E-state index is 0.153. The first-order chi connectivity index (χ1) is 8.58. The van der Waals surface area contributed by atoms with Gasteiger partial charge in [0, 0.05) is 0 Å². The fraction of sp³-hybridized carbons (Fsp3) is 0.0714. The molecular formula is C14H12FNOS. The molecule has 0 fully saturated rings. The summed E-state index contributed by atoms with van der Waals surface area (Å²) in [5, 5.41) is 0.